The number of carbonyl (C=O) groups is 2. The number of likely N-dealkylation sites (N-methyl/N-ethyl adjacent to an activating group) is 1. The number of rotatable bonds is 5. The molecule has 0 spiro atoms. The maximum absolute atomic E-state index is 12.0. The first kappa shape index (κ1) is 17.7. The number of alkyl halides is 3. The molecule has 1 rings (SSSR count). The fourth-order valence-electron chi connectivity index (χ4n) is 2.00. The fraction of sp³-hybridized carbons (Fsp3) is 0.833. The Balaban J connectivity index is 2.29. The predicted molar refractivity (Wildman–Crippen MR) is 70.6 cm³/mol. The van der Waals surface area contributed by atoms with Crippen LogP contribution in [0.3, 0.4) is 0 Å². The smallest absolute Gasteiger partial charge is 0.338 e. The van der Waals surface area contributed by atoms with Gasteiger partial charge in [-0.2, -0.15) is 13.2 Å². The maximum Gasteiger partial charge on any atom is 0.401 e. The van der Waals surface area contributed by atoms with Crippen LogP contribution < -0.4 is 5.32 Å². The summed E-state index contributed by atoms with van der Waals surface area (Å²) >= 11 is 0. The van der Waals surface area contributed by atoms with Gasteiger partial charge in [-0.1, -0.05) is 0 Å². The first-order valence-electron chi connectivity index (χ1n) is 6.67. The minimum Gasteiger partial charge on any atom is -0.338 e. The van der Waals surface area contributed by atoms with Crippen LogP contribution in [0.15, 0.2) is 0 Å². The summed E-state index contributed by atoms with van der Waals surface area (Å²) in [5.74, 6) is -0.388. The molecular formula is C12H21F3N4O2. The van der Waals surface area contributed by atoms with Crippen molar-refractivity contribution in [2.75, 3.05) is 59.9 Å². The Labute approximate surface area is 121 Å². The van der Waals surface area contributed by atoms with Crippen LogP contribution in [-0.2, 0) is 9.59 Å². The highest BCUT2D eigenvalue weighted by molar-refractivity contribution is 5.80. The Morgan fingerprint density at radius 1 is 1.05 bits per heavy atom. The number of amides is 2. The van der Waals surface area contributed by atoms with Crippen LogP contribution >= 0.6 is 0 Å². The van der Waals surface area contributed by atoms with Gasteiger partial charge in [0, 0.05) is 26.2 Å². The largest absolute Gasteiger partial charge is 0.401 e. The van der Waals surface area contributed by atoms with Gasteiger partial charge in [-0.3, -0.25) is 9.59 Å². The molecule has 1 aliphatic rings. The first-order valence-corrected chi connectivity index (χ1v) is 6.67. The molecule has 21 heavy (non-hydrogen) atoms. The number of nitrogens with one attached hydrogen (secondary N) is 1. The zero-order valence-corrected chi connectivity index (χ0v) is 12.2. The number of nitrogens with zero attached hydrogens (tertiary/aromatic N) is 3. The van der Waals surface area contributed by atoms with Crippen molar-refractivity contribution in [3.63, 3.8) is 0 Å². The molecule has 122 valence electrons. The molecule has 0 unspecified atom stereocenters. The van der Waals surface area contributed by atoms with Gasteiger partial charge in [-0.25, -0.2) is 0 Å². The van der Waals surface area contributed by atoms with E-state index in [9.17, 15) is 22.8 Å². The summed E-state index contributed by atoms with van der Waals surface area (Å²) < 4.78 is 35.9. The third kappa shape index (κ3) is 6.76. The van der Waals surface area contributed by atoms with Gasteiger partial charge in [-0.05, 0) is 14.1 Å². The molecule has 0 bridgehead atoms. The minimum absolute atomic E-state index is 0.0118. The second-order valence-corrected chi connectivity index (χ2v) is 5.22. The van der Waals surface area contributed by atoms with Gasteiger partial charge in [0.1, 0.15) is 0 Å². The molecule has 1 heterocycles. The Morgan fingerprint density at radius 2 is 1.52 bits per heavy atom. The summed E-state index contributed by atoms with van der Waals surface area (Å²) in [5.41, 5.74) is 0. The molecule has 6 nitrogen and oxygen atoms in total. The molecule has 1 N–H and O–H groups in total. The van der Waals surface area contributed by atoms with Crippen molar-refractivity contribution in [2.45, 2.75) is 6.18 Å². The topological polar surface area (TPSA) is 55.9 Å². The van der Waals surface area contributed by atoms with E-state index in [2.05, 4.69) is 5.32 Å². The lowest BCUT2D eigenvalue weighted by molar-refractivity contribution is -0.141. The lowest BCUT2D eigenvalue weighted by Gasteiger charge is -2.35. The normalized spacial score (nSPS) is 16.5. The molecule has 0 aromatic carbocycles. The molecule has 0 aromatic rings. The van der Waals surface area contributed by atoms with Gasteiger partial charge in [0.05, 0.1) is 19.6 Å². The number of piperazine rings is 1. The molecule has 2 amide bonds. The van der Waals surface area contributed by atoms with Gasteiger partial charge < -0.3 is 20.0 Å². The Bertz CT molecular complexity index is 366. The van der Waals surface area contributed by atoms with E-state index in [1.807, 2.05) is 0 Å². The second kappa shape index (κ2) is 7.60. The lowest BCUT2D eigenvalue weighted by Crippen LogP contribution is -2.53. The van der Waals surface area contributed by atoms with Gasteiger partial charge >= 0.3 is 6.18 Å². The summed E-state index contributed by atoms with van der Waals surface area (Å²) in [5, 5.41) is 2.08. The van der Waals surface area contributed by atoms with Crippen molar-refractivity contribution >= 4 is 11.8 Å². The van der Waals surface area contributed by atoms with Crippen molar-refractivity contribution in [1.29, 1.82) is 0 Å². The van der Waals surface area contributed by atoms with E-state index < -0.39 is 12.7 Å². The van der Waals surface area contributed by atoms with Crippen molar-refractivity contribution in [3.8, 4) is 0 Å². The summed E-state index contributed by atoms with van der Waals surface area (Å²) in [7, 11) is 3.59. The number of carbonyl (C=O) groups excluding carboxylic acids is 2. The van der Waals surface area contributed by atoms with Crippen molar-refractivity contribution < 1.29 is 22.8 Å². The van der Waals surface area contributed by atoms with Crippen molar-refractivity contribution in [3.05, 3.63) is 0 Å². The third-order valence-corrected chi connectivity index (χ3v) is 3.04. The number of halogens is 3. The van der Waals surface area contributed by atoms with Crippen LogP contribution in [0.2, 0.25) is 0 Å². The number of hydrogen-bond donors (Lipinski definition) is 1. The molecule has 0 atom stereocenters. The zero-order valence-electron chi connectivity index (χ0n) is 12.2. The molecule has 1 aliphatic heterocycles. The van der Waals surface area contributed by atoms with E-state index in [0.717, 1.165) is 0 Å². The molecule has 0 aromatic heterocycles. The van der Waals surface area contributed by atoms with Crippen LogP contribution in [0.1, 0.15) is 0 Å². The monoisotopic (exact) mass is 310 g/mol. The van der Waals surface area contributed by atoms with Gasteiger partial charge in [-0.15, -0.1) is 0 Å². The molecule has 9 heteroatoms. The molecule has 0 radical (unpaired) electrons. The van der Waals surface area contributed by atoms with E-state index in [1.165, 1.54) is 4.90 Å². The molecular weight excluding hydrogens is 289 g/mol. The first-order chi connectivity index (χ1) is 9.69. The van der Waals surface area contributed by atoms with Crippen LogP contribution in [0, 0.1) is 0 Å². The minimum atomic E-state index is -4.32. The standard InChI is InChI=1S/C12H21F3N4O2/c1-17(2)8-11(21)19-5-3-18(4-6-19)10(20)7-16-9-12(13,14)15/h16H,3-9H2,1-2H3. The summed E-state index contributed by atoms with van der Waals surface area (Å²) in [6.45, 7) is 0.318. The van der Waals surface area contributed by atoms with Crippen LogP contribution in [-0.4, -0.2) is 92.6 Å². The van der Waals surface area contributed by atoms with Crippen molar-refractivity contribution in [1.82, 2.24) is 20.0 Å². The molecule has 0 aliphatic carbocycles. The SMILES string of the molecule is CN(C)CC(=O)N1CCN(C(=O)CNCC(F)(F)F)CC1. The Kier molecular flexibility index (Phi) is 6.41. The highest BCUT2D eigenvalue weighted by Gasteiger charge is 2.28. The van der Waals surface area contributed by atoms with Gasteiger partial charge in [0.25, 0.3) is 0 Å². The lowest BCUT2D eigenvalue weighted by atomic mass is 10.3. The van der Waals surface area contributed by atoms with Crippen LogP contribution in [0.25, 0.3) is 0 Å². The van der Waals surface area contributed by atoms with Crippen LogP contribution in [0.4, 0.5) is 13.2 Å². The Morgan fingerprint density at radius 3 is 1.95 bits per heavy atom. The van der Waals surface area contributed by atoms with E-state index in [1.54, 1.807) is 23.9 Å². The van der Waals surface area contributed by atoms with Gasteiger partial charge in [0.15, 0.2) is 0 Å². The average molecular weight is 310 g/mol. The Hall–Kier alpha value is -1.35. The predicted octanol–water partition coefficient (Wildman–Crippen LogP) is -0.629. The molecule has 0 saturated carbocycles. The highest BCUT2D eigenvalue weighted by Crippen LogP contribution is 2.12. The summed E-state index contributed by atoms with van der Waals surface area (Å²) in [4.78, 5) is 28.4. The van der Waals surface area contributed by atoms with Crippen molar-refractivity contribution in [2.24, 2.45) is 0 Å². The van der Waals surface area contributed by atoms with E-state index >= 15 is 0 Å². The zero-order chi connectivity index (χ0) is 16.0. The molecule has 1 saturated heterocycles. The third-order valence-electron chi connectivity index (χ3n) is 3.04. The van der Waals surface area contributed by atoms with Crippen LogP contribution in [0.5, 0.6) is 0 Å². The highest BCUT2D eigenvalue weighted by atomic mass is 19.4. The second-order valence-electron chi connectivity index (χ2n) is 5.22. The quantitative estimate of drug-likeness (QED) is 0.735. The molecule has 1 fully saturated rings. The van der Waals surface area contributed by atoms with E-state index in [4.69, 9.17) is 0 Å². The fourth-order valence-corrected chi connectivity index (χ4v) is 2.00. The summed E-state index contributed by atoms with van der Waals surface area (Å²) in [6.07, 6.45) is -4.32. The summed E-state index contributed by atoms with van der Waals surface area (Å²) in [6, 6.07) is 0. The average Bonchev–Trinajstić information content (AvgIpc) is 2.36. The maximum atomic E-state index is 12.0. The number of hydrogen-bond acceptors (Lipinski definition) is 4. The van der Waals surface area contributed by atoms with E-state index in [-0.39, 0.29) is 18.4 Å². The van der Waals surface area contributed by atoms with E-state index in [0.29, 0.717) is 32.7 Å². The van der Waals surface area contributed by atoms with Gasteiger partial charge in [0.2, 0.25) is 11.8 Å².